The molecule has 21 heavy (non-hydrogen) atoms. The van der Waals surface area contributed by atoms with Gasteiger partial charge in [0.1, 0.15) is 0 Å². The molecule has 0 atom stereocenters. The van der Waals surface area contributed by atoms with Gasteiger partial charge in [0, 0.05) is 18.7 Å². The van der Waals surface area contributed by atoms with Crippen LogP contribution >= 0.6 is 12.2 Å². The molecule has 0 saturated carbocycles. The van der Waals surface area contributed by atoms with Crippen molar-refractivity contribution in [3.8, 4) is 11.5 Å². The lowest BCUT2D eigenvalue weighted by molar-refractivity contribution is -0.385. The third kappa shape index (κ3) is 4.56. The molecule has 0 amide bonds. The van der Waals surface area contributed by atoms with Gasteiger partial charge in [0.25, 0.3) is 0 Å². The number of ether oxygens (including phenoxy) is 2. The highest BCUT2D eigenvalue weighted by atomic mass is 32.1. The van der Waals surface area contributed by atoms with Crippen molar-refractivity contribution in [1.29, 1.82) is 0 Å². The zero-order valence-electron chi connectivity index (χ0n) is 11.9. The summed E-state index contributed by atoms with van der Waals surface area (Å²) in [6, 6.07) is 2.94. The van der Waals surface area contributed by atoms with E-state index in [0.717, 1.165) is 0 Å². The maximum atomic E-state index is 11.1. The molecule has 0 radical (unpaired) electrons. The van der Waals surface area contributed by atoms with Crippen molar-refractivity contribution < 1.29 is 14.4 Å². The van der Waals surface area contributed by atoms with Gasteiger partial charge >= 0.3 is 5.69 Å². The summed E-state index contributed by atoms with van der Waals surface area (Å²) in [5, 5.41) is 18.0. The van der Waals surface area contributed by atoms with Crippen molar-refractivity contribution >= 4 is 29.2 Å². The van der Waals surface area contributed by atoms with Crippen LogP contribution in [0.15, 0.2) is 17.2 Å². The Balaban J connectivity index is 3.15. The molecule has 0 spiro atoms. The number of benzene rings is 1. The molecule has 1 rings (SSSR count). The van der Waals surface area contributed by atoms with Crippen LogP contribution in [0.3, 0.4) is 0 Å². The number of nitrogens with zero attached hydrogens (tertiary/aromatic N) is 2. The number of hydrogen-bond donors (Lipinski definition) is 2. The van der Waals surface area contributed by atoms with E-state index < -0.39 is 4.92 Å². The van der Waals surface area contributed by atoms with Gasteiger partial charge in [-0.1, -0.05) is 0 Å². The normalized spacial score (nSPS) is 10.2. The van der Waals surface area contributed by atoms with Gasteiger partial charge in [-0.25, -0.2) is 0 Å². The van der Waals surface area contributed by atoms with E-state index in [1.807, 2.05) is 0 Å². The quantitative estimate of drug-likeness (QED) is 0.355. The molecule has 1 aromatic rings. The van der Waals surface area contributed by atoms with E-state index in [9.17, 15) is 10.1 Å². The van der Waals surface area contributed by atoms with E-state index in [1.54, 1.807) is 20.0 Å². The number of nitro groups is 1. The monoisotopic (exact) mass is 312 g/mol. The van der Waals surface area contributed by atoms with Gasteiger partial charge in [-0.3, -0.25) is 15.5 Å². The number of hydrazone groups is 1. The third-order valence-corrected chi connectivity index (χ3v) is 2.67. The van der Waals surface area contributed by atoms with E-state index in [2.05, 4.69) is 15.8 Å². The topological polar surface area (TPSA) is 98.0 Å². The SMILES string of the molecule is CCOc1c(OC)cc(/C=N/NC(=S)NC)cc1[N+](=O)[O-]. The molecule has 0 bridgehead atoms. The maximum Gasteiger partial charge on any atom is 0.315 e. The smallest absolute Gasteiger partial charge is 0.315 e. The molecule has 0 aliphatic carbocycles. The Morgan fingerprint density at radius 3 is 2.81 bits per heavy atom. The second-order valence-corrected chi connectivity index (χ2v) is 4.12. The Bertz CT molecular complexity index is 562. The average molecular weight is 312 g/mol. The number of hydrogen-bond acceptors (Lipinski definition) is 6. The lowest BCUT2D eigenvalue weighted by atomic mass is 10.2. The highest BCUT2D eigenvalue weighted by Crippen LogP contribution is 2.37. The minimum Gasteiger partial charge on any atom is -0.493 e. The Morgan fingerprint density at radius 1 is 1.57 bits per heavy atom. The molecule has 2 N–H and O–H groups in total. The van der Waals surface area contributed by atoms with Gasteiger partial charge < -0.3 is 14.8 Å². The number of thiocarbonyl (C=S) groups is 1. The van der Waals surface area contributed by atoms with Crippen LogP contribution in [-0.2, 0) is 0 Å². The molecule has 0 fully saturated rings. The highest BCUT2D eigenvalue weighted by Gasteiger charge is 2.21. The average Bonchev–Trinajstić information content (AvgIpc) is 2.47. The molecule has 8 nitrogen and oxygen atoms in total. The summed E-state index contributed by atoms with van der Waals surface area (Å²) in [7, 11) is 3.06. The summed E-state index contributed by atoms with van der Waals surface area (Å²) < 4.78 is 10.4. The van der Waals surface area contributed by atoms with Gasteiger partial charge in [-0.15, -0.1) is 0 Å². The standard InChI is InChI=1S/C12H16N4O4S/c1-4-20-11-9(16(17)18)5-8(6-10(11)19-3)7-14-15-12(21)13-2/h5-7H,4H2,1-3H3,(H2,13,15,21)/b14-7+. The van der Waals surface area contributed by atoms with Crippen molar-refractivity contribution in [3.63, 3.8) is 0 Å². The summed E-state index contributed by atoms with van der Waals surface area (Å²) in [6.07, 6.45) is 1.40. The zero-order valence-corrected chi connectivity index (χ0v) is 12.7. The molecular weight excluding hydrogens is 296 g/mol. The second-order valence-electron chi connectivity index (χ2n) is 3.71. The molecule has 0 aliphatic rings. The second kappa shape index (κ2) is 8.00. The van der Waals surface area contributed by atoms with Gasteiger partial charge in [0.2, 0.25) is 5.75 Å². The summed E-state index contributed by atoms with van der Waals surface area (Å²) in [4.78, 5) is 10.6. The highest BCUT2D eigenvalue weighted by molar-refractivity contribution is 7.80. The van der Waals surface area contributed by atoms with E-state index in [1.165, 1.54) is 19.4 Å². The summed E-state index contributed by atoms with van der Waals surface area (Å²) >= 11 is 4.85. The first kappa shape index (κ1) is 16.6. The van der Waals surface area contributed by atoms with Gasteiger partial charge in [0.15, 0.2) is 10.9 Å². The first-order valence-corrected chi connectivity index (χ1v) is 6.44. The van der Waals surface area contributed by atoms with Gasteiger partial charge in [-0.05, 0) is 25.2 Å². The fraction of sp³-hybridized carbons (Fsp3) is 0.333. The molecular formula is C12H16N4O4S. The molecule has 0 saturated heterocycles. The number of methoxy groups -OCH3 is 1. The van der Waals surface area contributed by atoms with Crippen LogP contribution in [0.2, 0.25) is 0 Å². The largest absolute Gasteiger partial charge is 0.493 e. The Kier molecular flexibility index (Phi) is 6.34. The van der Waals surface area contributed by atoms with Crippen molar-refractivity contribution in [2.24, 2.45) is 5.10 Å². The molecule has 0 unspecified atom stereocenters. The van der Waals surface area contributed by atoms with Crippen molar-refractivity contribution in [2.75, 3.05) is 20.8 Å². The Morgan fingerprint density at radius 2 is 2.29 bits per heavy atom. The van der Waals surface area contributed by atoms with Crippen LogP contribution in [0, 0.1) is 10.1 Å². The molecule has 0 aliphatic heterocycles. The van der Waals surface area contributed by atoms with Crippen molar-refractivity contribution in [1.82, 2.24) is 10.7 Å². The van der Waals surface area contributed by atoms with E-state index in [0.29, 0.717) is 17.3 Å². The van der Waals surface area contributed by atoms with Gasteiger partial charge in [-0.2, -0.15) is 5.10 Å². The number of nitro benzene ring substituents is 1. The number of nitrogens with one attached hydrogen (secondary N) is 2. The first-order chi connectivity index (χ1) is 10.0. The Labute approximate surface area is 127 Å². The summed E-state index contributed by atoms with van der Waals surface area (Å²) in [6.45, 7) is 2.03. The fourth-order valence-corrected chi connectivity index (χ4v) is 1.53. The number of rotatable bonds is 6. The molecule has 0 aromatic heterocycles. The van der Waals surface area contributed by atoms with Crippen molar-refractivity contribution in [2.45, 2.75) is 6.92 Å². The zero-order chi connectivity index (χ0) is 15.8. The van der Waals surface area contributed by atoms with Crippen LogP contribution in [0.5, 0.6) is 11.5 Å². The first-order valence-electron chi connectivity index (χ1n) is 6.03. The maximum absolute atomic E-state index is 11.1. The molecule has 0 heterocycles. The minimum atomic E-state index is -0.531. The van der Waals surface area contributed by atoms with Gasteiger partial charge in [0.05, 0.1) is 24.9 Å². The van der Waals surface area contributed by atoms with Crippen molar-refractivity contribution in [3.05, 3.63) is 27.8 Å². The predicted molar refractivity (Wildman–Crippen MR) is 83.2 cm³/mol. The van der Waals surface area contributed by atoms with Crippen LogP contribution < -0.4 is 20.2 Å². The van der Waals surface area contributed by atoms with E-state index >= 15 is 0 Å². The van der Waals surface area contributed by atoms with E-state index in [4.69, 9.17) is 21.7 Å². The lowest BCUT2D eigenvalue weighted by Gasteiger charge is -2.10. The molecule has 9 heteroatoms. The minimum absolute atomic E-state index is 0.0980. The fourth-order valence-electron chi connectivity index (χ4n) is 1.48. The molecule has 1 aromatic carbocycles. The summed E-state index contributed by atoms with van der Waals surface area (Å²) in [5.41, 5.74) is 2.85. The predicted octanol–water partition coefficient (Wildman–Crippen LogP) is 1.43. The van der Waals surface area contributed by atoms with Crippen LogP contribution in [0.1, 0.15) is 12.5 Å². The van der Waals surface area contributed by atoms with Crippen LogP contribution in [-0.4, -0.2) is 37.0 Å². The third-order valence-electron chi connectivity index (χ3n) is 2.37. The van der Waals surface area contributed by atoms with Crippen LogP contribution in [0.25, 0.3) is 0 Å². The van der Waals surface area contributed by atoms with E-state index in [-0.39, 0.29) is 17.2 Å². The Hall–Kier alpha value is -2.42. The summed E-state index contributed by atoms with van der Waals surface area (Å²) in [5.74, 6) is 0.365. The lowest BCUT2D eigenvalue weighted by Crippen LogP contribution is -2.28. The molecule has 114 valence electrons. The van der Waals surface area contributed by atoms with Crippen LogP contribution in [0.4, 0.5) is 5.69 Å².